The maximum absolute atomic E-state index is 10.0. The summed E-state index contributed by atoms with van der Waals surface area (Å²) in [7, 11) is 0. The number of ether oxygens (including phenoxy) is 4. The van der Waals surface area contributed by atoms with Crippen molar-refractivity contribution >= 4 is 0 Å². The lowest BCUT2D eigenvalue weighted by atomic mass is 10.1. The van der Waals surface area contributed by atoms with E-state index in [4.69, 9.17) is 18.9 Å². The van der Waals surface area contributed by atoms with Gasteiger partial charge in [-0.05, 0) is 148 Å². The van der Waals surface area contributed by atoms with Crippen molar-refractivity contribution < 1.29 is 39.4 Å². The molecule has 0 amide bonds. The minimum Gasteiger partial charge on any atom is -0.494 e. The Morgan fingerprint density at radius 3 is 0.694 bits per heavy atom. The summed E-state index contributed by atoms with van der Waals surface area (Å²) in [5, 5.41) is 53.5. The van der Waals surface area contributed by atoms with Crippen molar-refractivity contribution in [1.29, 1.82) is 0 Å². The minimum absolute atomic E-state index is 0.417. The molecule has 0 aromatic heterocycles. The van der Waals surface area contributed by atoms with Crippen molar-refractivity contribution in [3.05, 3.63) is 282 Å². The molecule has 0 aliphatic heterocycles. The summed E-state index contributed by atoms with van der Waals surface area (Å²) >= 11 is 0. The summed E-state index contributed by atoms with van der Waals surface area (Å²) in [4.78, 5) is 0. The van der Waals surface area contributed by atoms with Crippen molar-refractivity contribution in [1.82, 2.24) is 21.3 Å². The number of nitrogens with one attached hydrogen (secondary N) is 4. The van der Waals surface area contributed by atoms with Gasteiger partial charge in [-0.15, -0.1) is 0 Å². The number of aliphatic hydroxyl groups is 4. The number of rotatable bonds is 50. The highest BCUT2D eigenvalue weighted by Gasteiger charge is 2.09. The third-order valence-corrected chi connectivity index (χ3v) is 16.7. The number of benzene rings is 8. The molecular formula is C86H120N4O8. The zero-order chi connectivity index (χ0) is 68.9. The highest BCUT2D eigenvalue weighted by molar-refractivity contribution is 5.23. The molecule has 98 heavy (non-hydrogen) atoms. The van der Waals surface area contributed by atoms with Crippen LogP contribution in [-0.2, 0) is 33.5 Å². The molecule has 8 aromatic carbocycles. The predicted molar refractivity (Wildman–Crippen MR) is 406 cm³/mol. The monoisotopic (exact) mass is 1340 g/mol. The fraction of sp³-hybridized carbons (Fsp3) is 0.442. The van der Waals surface area contributed by atoms with Crippen LogP contribution in [0.15, 0.2) is 243 Å². The SMILES string of the molecule is OC(CNCCCCCCOCCc1ccccc1)c1ccccc1.OC(CNCCCCCCOc1ccccc1)c1ccccc1.O[C@@H](CNCCCCCCOCCc1ccccc1)c1ccccc1.O[C@H](CNCCCCCCOCCc1ccccc1)c1ccccc1. The van der Waals surface area contributed by atoms with Gasteiger partial charge in [-0.2, -0.15) is 0 Å². The molecule has 0 saturated carbocycles. The van der Waals surface area contributed by atoms with Gasteiger partial charge in [-0.1, -0.05) is 282 Å². The average Bonchev–Trinajstić information content (AvgIpc) is 2.43. The third-order valence-electron chi connectivity index (χ3n) is 16.7. The van der Waals surface area contributed by atoms with E-state index in [0.29, 0.717) is 26.2 Å². The largest absolute Gasteiger partial charge is 0.494 e. The standard InChI is InChI=1S/3C22H31NO2.C20H27NO2/c3*24-22(21-13-7-4-8-14-21)19-23-16-9-1-2-10-17-25-18-15-20-11-5-3-6-12-20;22-20(18-11-5-3-6-12-18)17-21-15-9-1-2-10-16-23-19-13-7-4-8-14-19/h3*3-8,11-14,22-24H,1-2,9-10,15-19H2;3-8,11-14,20-22H,1-2,9-10,15-17H2/t2*22-;;/m10../s1. The Morgan fingerprint density at radius 1 is 0.224 bits per heavy atom. The average molecular weight is 1340 g/mol. The van der Waals surface area contributed by atoms with E-state index in [2.05, 4.69) is 94.1 Å². The van der Waals surface area contributed by atoms with Gasteiger partial charge in [0, 0.05) is 46.0 Å². The van der Waals surface area contributed by atoms with Gasteiger partial charge in [-0.3, -0.25) is 0 Å². The summed E-state index contributed by atoms with van der Waals surface area (Å²) in [6, 6.07) is 80.6. The molecule has 0 aliphatic rings. The summed E-state index contributed by atoms with van der Waals surface area (Å²) in [6.07, 6.45) is 19.9. The van der Waals surface area contributed by atoms with Gasteiger partial charge in [0.05, 0.1) is 50.8 Å². The van der Waals surface area contributed by atoms with Crippen LogP contribution in [0.1, 0.15) is 166 Å². The highest BCUT2D eigenvalue weighted by Crippen LogP contribution is 2.16. The van der Waals surface area contributed by atoms with Crippen molar-refractivity contribution in [2.24, 2.45) is 0 Å². The van der Waals surface area contributed by atoms with Crippen LogP contribution in [0.2, 0.25) is 0 Å². The zero-order valence-electron chi connectivity index (χ0n) is 58.9. The number of para-hydroxylation sites is 1. The minimum atomic E-state index is -0.421. The van der Waals surface area contributed by atoms with E-state index in [1.165, 1.54) is 68.1 Å². The zero-order valence-corrected chi connectivity index (χ0v) is 58.9. The molecule has 8 rings (SSSR count). The molecule has 8 aromatic rings. The molecular weight excluding hydrogens is 1220 g/mol. The van der Waals surface area contributed by atoms with Crippen LogP contribution in [-0.4, -0.2) is 119 Å². The Morgan fingerprint density at radius 2 is 0.439 bits per heavy atom. The van der Waals surface area contributed by atoms with Crippen LogP contribution in [0.3, 0.4) is 0 Å². The van der Waals surface area contributed by atoms with E-state index in [0.717, 1.165) is 171 Å². The molecule has 12 heteroatoms. The molecule has 0 heterocycles. The number of unbranched alkanes of at least 4 members (excludes halogenated alkanes) is 12. The Hall–Kier alpha value is -6.88. The number of aliphatic hydroxyl groups excluding tert-OH is 4. The quantitative estimate of drug-likeness (QED) is 0.0170. The van der Waals surface area contributed by atoms with Gasteiger partial charge in [0.2, 0.25) is 0 Å². The molecule has 8 N–H and O–H groups in total. The van der Waals surface area contributed by atoms with Gasteiger partial charge in [-0.25, -0.2) is 0 Å². The second-order valence-electron chi connectivity index (χ2n) is 24.9. The maximum Gasteiger partial charge on any atom is 0.119 e. The lowest BCUT2D eigenvalue weighted by Gasteiger charge is -2.12. The van der Waals surface area contributed by atoms with E-state index in [-0.39, 0.29) is 0 Å². The van der Waals surface area contributed by atoms with E-state index in [1.807, 2.05) is 170 Å². The fourth-order valence-electron chi connectivity index (χ4n) is 10.8. The first kappa shape index (κ1) is 81.8. The van der Waals surface area contributed by atoms with E-state index in [1.54, 1.807) is 0 Å². The Kier molecular flexibility index (Phi) is 48.4. The first-order valence-corrected chi connectivity index (χ1v) is 36.7. The van der Waals surface area contributed by atoms with Crippen LogP contribution in [0, 0.1) is 0 Å². The molecule has 2 unspecified atom stereocenters. The molecule has 0 aliphatic carbocycles. The van der Waals surface area contributed by atoms with Crippen LogP contribution < -0.4 is 26.0 Å². The molecule has 0 bridgehead atoms. The molecule has 12 nitrogen and oxygen atoms in total. The summed E-state index contributed by atoms with van der Waals surface area (Å²) in [5.41, 5.74) is 7.91. The fourth-order valence-corrected chi connectivity index (χ4v) is 10.8. The van der Waals surface area contributed by atoms with Gasteiger partial charge >= 0.3 is 0 Å². The Bertz CT molecular complexity index is 2720. The van der Waals surface area contributed by atoms with Gasteiger partial charge in [0.15, 0.2) is 0 Å². The smallest absolute Gasteiger partial charge is 0.119 e. The van der Waals surface area contributed by atoms with Crippen molar-refractivity contribution in [3.8, 4) is 5.75 Å². The van der Waals surface area contributed by atoms with Crippen molar-refractivity contribution in [2.45, 2.75) is 146 Å². The van der Waals surface area contributed by atoms with Gasteiger partial charge in [0.25, 0.3) is 0 Å². The summed E-state index contributed by atoms with van der Waals surface area (Å²) in [5.74, 6) is 0.948. The van der Waals surface area contributed by atoms with E-state index in [9.17, 15) is 20.4 Å². The molecule has 0 radical (unpaired) electrons. The number of hydrogen-bond donors (Lipinski definition) is 8. The highest BCUT2D eigenvalue weighted by atomic mass is 16.5. The van der Waals surface area contributed by atoms with E-state index >= 15 is 0 Å². The molecule has 4 atom stereocenters. The molecule has 0 fully saturated rings. The number of hydrogen-bond acceptors (Lipinski definition) is 12. The maximum atomic E-state index is 10.0. The first-order valence-electron chi connectivity index (χ1n) is 36.7. The molecule has 532 valence electrons. The van der Waals surface area contributed by atoms with Gasteiger partial charge in [0.1, 0.15) is 5.75 Å². The third kappa shape index (κ3) is 42.8. The first-order chi connectivity index (χ1) is 48.4. The van der Waals surface area contributed by atoms with Gasteiger partial charge < -0.3 is 60.6 Å². The summed E-state index contributed by atoms with van der Waals surface area (Å²) < 4.78 is 22.8. The molecule has 0 saturated heterocycles. The second kappa shape index (κ2) is 58.0. The van der Waals surface area contributed by atoms with Crippen molar-refractivity contribution in [2.75, 3.05) is 98.6 Å². The van der Waals surface area contributed by atoms with Crippen LogP contribution in [0.5, 0.6) is 5.75 Å². The van der Waals surface area contributed by atoms with Crippen LogP contribution >= 0.6 is 0 Å². The van der Waals surface area contributed by atoms with Crippen molar-refractivity contribution in [3.63, 3.8) is 0 Å². The lowest BCUT2D eigenvalue weighted by Crippen LogP contribution is -2.22. The second-order valence-corrected chi connectivity index (χ2v) is 24.9. The lowest BCUT2D eigenvalue weighted by molar-refractivity contribution is 0.132. The molecule has 0 spiro atoms. The van der Waals surface area contributed by atoms with E-state index < -0.39 is 24.4 Å². The Balaban J connectivity index is 0.000000236. The topological polar surface area (TPSA) is 166 Å². The Labute approximate surface area is 590 Å². The van der Waals surface area contributed by atoms with Crippen LogP contribution in [0.4, 0.5) is 0 Å². The van der Waals surface area contributed by atoms with Crippen LogP contribution in [0.25, 0.3) is 0 Å². The normalized spacial score (nSPS) is 12.2. The summed E-state index contributed by atoms with van der Waals surface area (Å²) in [6.45, 7) is 12.1. The predicted octanol–water partition coefficient (Wildman–Crippen LogP) is 16.3.